The highest BCUT2D eigenvalue weighted by Gasteiger charge is 2.58. The van der Waals surface area contributed by atoms with Gasteiger partial charge in [-0.05, 0) is 63.6 Å². The minimum absolute atomic E-state index is 0.240. The molecule has 2 heterocycles. The quantitative estimate of drug-likeness (QED) is 0.871. The van der Waals surface area contributed by atoms with Gasteiger partial charge < -0.3 is 15.4 Å². The third-order valence-electron chi connectivity index (χ3n) is 5.82. The van der Waals surface area contributed by atoms with Crippen LogP contribution in [0.1, 0.15) is 33.3 Å². The summed E-state index contributed by atoms with van der Waals surface area (Å²) in [6.45, 7) is 10.6. The Bertz CT molecular complexity index is 816. The van der Waals surface area contributed by atoms with E-state index in [0.717, 1.165) is 29.9 Å². The van der Waals surface area contributed by atoms with Crippen LogP contribution < -0.4 is 10.5 Å². The number of benzene rings is 1. The van der Waals surface area contributed by atoms with Crippen molar-refractivity contribution < 1.29 is 9.13 Å². The number of rotatable bonds is 5. The third-order valence-corrected chi connectivity index (χ3v) is 5.82. The lowest BCUT2D eigenvalue weighted by atomic mass is 9.95. The molecule has 1 saturated heterocycles. The summed E-state index contributed by atoms with van der Waals surface area (Å²) >= 11 is 0. The molecular weight excluding hydrogens is 341 g/mol. The second kappa shape index (κ2) is 6.57. The molecule has 0 bridgehead atoms. The van der Waals surface area contributed by atoms with Gasteiger partial charge in [0.05, 0.1) is 5.69 Å². The van der Waals surface area contributed by atoms with Gasteiger partial charge in [-0.1, -0.05) is 0 Å². The van der Waals surface area contributed by atoms with Crippen molar-refractivity contribution in [3.05, 3.63) is 47.8 Å². The summed E-state index contributed by atoms with van der Waals surface area (Å²) in [5, 5.41) is 0. The van der Waals surface area contributed by atoms with Crippen LogP contribution in [0.4, 0.5) is 4.39 Å². The average Bonchev–Trinajstić information content (AvgIpc) is 3.03. The summed E-state index contributed by atoms with van der Waals surface area (Å²) in [5.74, 6) is 1.54. The fourth-order valence-corrected chi connectivity index (χ4v) is 3.95. The summed E-state index contributed by atoms with van der Waals surface area (Å²) in [6.07, 6.45) is 0.240. The molecule has 4 rings (SSSR count). The summed E-state index contributed by atoms with van der Waals surface area (Å²) in [7, 11) is 0. The van der Waals surface area contributed by atoms with Gasteiger partial charge in [-0.2, -0.15) is 0 Å². The third kappa shape index (κ3) is 3.71. The number of ether oxygens (including phenoxy) is 1. The lowest BCUT2D eigenvalue weighted by Crippen LogP contribution is -2.33. The molecule has 2 aromatic rings. The molecule has 1 saturated carbocycles. The molecule has 5 heteroatoms. The van der Waals surface area contributed by atoms with Gasteiger partial charge in [0.1, 0.15) is 11.9 Å². The maximum atomic E-state index is 13.3. The van der Waals surface area contributed by atoms with Crippen LogP contribution in [0, 0.1) is 17.7 Å². The molecule has 2 aliphatic rings. The van der Waals surface area contributed by atoms with Gasteiger partial charge in [-0.15, -0.1) is 0 Å². The lowest BCUT2D eigenvalue weighted by molar-refractivity contribution is 0.178. The van der Waals surface area contributed by atoms with E-state index in [4.69, 9.17) is 15.5 Å². The zero-order valence-electron chi connectivity index (χ0n) is 16.4. The summed E-state index contributed by atoms with van der Waals surface area (Å²) in [4.78, 5) is 7.20. The number of hydrogen-bond donors (Lipinski definition) is 1. The van der Waals surface area contributed by atoms with Crippen LogP contribution in [0.2, 0.25) is 0 Å². The highest BCUT2D eigenvalue weighted by Crippen LogP contribution is 2.48. The van der Waals surface area contributed by atoms with Crippen molar-refractivity contribution >= 4 is 0 Å². The van der Waals surface area contributed by atoms with Crippen molar-refractivity contribution in [2.45, 2.75) is 45.4 Å². The van der Waals surface area contributed by atoms with Crippen molar-refractivity contribution in [1.82, 2.24) is 9.88 Å². The number of hydrogen-bond acceptors (Lipinski definition) is 4. The Hall–Kier alpha value is -1.98. The van der Waals surface area contributed by atoms with Crippen molar-refractivity contribution in [2.24, 2.45) is 17.6 Å². The van der Waals surface area contributed by atoms with Crippen molar-refractivity contribution in [3.8, 4) is 17.1 Å². The van der Waals surface area contributed by atoms with Gasteiger partial charge in [0.25, 0.3) is 0 Å². The topological polar surface area (TPSA) is 51.4 Å². The van der Waals surface area contributed by atoms with E-state index in [1.165, 1.54) is 12.1 Å². The Kier molecular flexibility index (Phi) is 4.47. The van der Waals surface area contributed by atoms with Crippen LogP contribution in [0.25, 0.3) is 11.3 Å². The zero-order chi connectivity index (χ0) is 19.3. The number of aromatic nitrogens is 1. The van der Waals surface area contributed by atoms with Crippen LogP contribution in [0.3, 0.4) is 0 Å². The van der Waals surface area contributed by atoms with Gasteiger partial charge in [0.15, 0.2) is 0 Å². The highest BCUT2D eigenvalue weighted by atomic mass is 19.1. The predicted molar refractivity (Wildman–Crippen MR) is 105 cm³/mol. The smallest absolute Gasteiger partial charge is 0.214 e. The molecule has 1 aliphatic carbocycles. The van der Waals surface area contributed by atoms with E-state index in [1.807, 2.05) is 26.0 Å². The maximum Gasteiger partial charge on any atom is 0.214 e. The molecule has 1 aromatic heterocycles. The first-order valence-electron chi connectivity index (χ1n) is 9.70. The van der Waals surface area contributed by atoms with Gasteiger partial charge >= 0.3 is 0 Å². The predicted octanol–water partition coefficient (Wildman–Crippen LogP) is 3.80. The van der Waals surface area contributed by atoms with Gasteiger partial charge in [-0.3, -0.25) is 0 Å². The Morgan fingerprint density at radius 2 is 1.78 bits per heavy atom. The maximum absolute atomic E-state index is 13.3. The van der Waals surface area contributed by atoms with E-state index in [0.29, 0.717) is 23.8 Å². The summed E-state index contributed by atoms with van der Waals surface area (Å²) in [5.41, 5.74) is 8.40. The first kappa shape index (κ1) is 18.4. The van der Waals surface area contributed by atoms with E-state index in [2.05, 4.69) is 18.7 Å². The van der Waals surface area contributed by atoms with E-state index >= 15 is 0 Å². The molecular formula is C22H28FN3O. The molecule has 0 amide bonds. The molecule has 27 heavy (non-hydrogen) atoms. The SMILES string of the molecule is CC(C)N1C[C@@H]2[C@H](C1)[C@H]2Oc1cc(C(C)(C)N)cc(-c2ccc(F)cc2)n1. The Morgan fingerprint density at radius 1 is 1.15 bits per heavy atom. The van der Waals surface area contributed by atoms with Crippen LogP contribution in [-0.4, -0.2) is 35.1 Å². The van der Waals surface area contributed by atoms with Crippen LogP contribution >= 0.6 is 0 Å². The van der Waals surface area contributed by atoms with Crippen LogP contribution in [0.15, 0.2) is 36.4 Å². The molecule has 4 nitrogen and oxygen atoms in total. The van der Waals surface area contributed by atoms with Crippen LogP contribution in [-0.2, 0) is 5.54 Å². The Labute approximate surface area is 160 Å². The van der Waals surface area contributed by atoms with Crippen LogP contribution in [0.5, 0.6) is 5.88 Å². The molecule has 144 valence electrons. The minimum Gasteiger partial charge on any atom is -0.474 e. The first-order valence-corrected chi connectivity index (χ1v) is 9.70. The van der Waals surface area contributed by atoms with E-state index in [1.54, 1.807) is 12.1 Å². The fraction of sp³-hybridized carbons (Fsp3) is 0.500. The molecule has 3 atom stereocenters. The number of halogens is 1. The van der Waals surface area contributed by atoms with Gasteiger partial charge in [-0.25, -0.2) is 9.37 Å². The Morgan fingerprint density at radius 3 is 2.33 bits per heavy atom. The number of piperidine rings is 1. The van der Waals surface area contributed by atoms with E-state index in [9.17, 15) is 4.39 Å². The number of pyridine rings is 1. The minimum atomic E-state index is -0.510. The average molecular weight is 369 g/mol. The number of nitrogens with zero attached hydrogens (tertiary/aromatic N) is 2. The van der Waals surface area contributed by atoms with Gasteiger partial charge in [0.2, 0.25) is 5.88 Å². The Balaban J connectivity index is 1.58. The molecule has 0 unspecified atom stereocenters. The van der Waals surface area contributed by atoms with Crippen molar-refractivity contribution in [2.75, 3.05) is 13.1 Å². The zero-order valence-corrected chi connectivity index (χ0v) is 16.4. The summed E-state index contributed by atoms with van der Waals surface area (Å²) in [6, 6.07) is 10.9. The lowest BCUT2D eigenvalue weighted by Gasteiger charge is -2.24. The van der Waals surface area contributed by atoms with E-state index in [-0.39, 0.29) is 11.9 Å². The largest absolute Gasteiger partial charge is 0.474 e. The second-order valence-corrected chi connectivity index (χ2v) is 8.77. The van der Waals surface area contributed by atoms with Gasteiger partial charge in [0, 0.05) is 48.1 Å². The number of fused-ring (bicyclic) bond motifs is 1. The molecule has 0 radical (unpaired) electrons. The molecule has 2 fully saturated rings. The number of nitrogens with two attached hydrogens (primary N) is 1. The molecule has 2 N–H and O–H groups in total. The summed E-state index contributed by atoms with van der Waals surface area (Å²) < 4.78 is 19.6. The number of likely N-dealkylation sites (tertiary alicyclic amines) is 1. The molecule has 1 aromatic carbocycles. The monoisotopic (exact) mass is 369 g/mol. The molecule has 0 spiro atoms. The van der Waals surface area contributed by atoms with E-state index < -0.39 is 5.54 Å². The highest BCUT2D eigenvalue weighted by molar-refractivity contribution is 5.61. The fourth-order valence-electron chi connectivity index (χ4n) is 3.95. The first-order chi connectivity index (χ1) is 12.7. The second-order valence-electron chi connectivity index (χ2n) is 8.77. The normalized spacial score (nSPS) is 24.9. The standard InChI is InChI=1S/C22H28FN3O/c1-13(2)26-11-17-18(12-26)21(17)27-20-10-15(22(3,4)24)9-19(25-20)14-5-7-16(23)8-6-14/h5-10,13,17-18,21H,11-12,24H2,1-4H3/t17-,18+,21+. The molecule has 1 aliphatic heterocycles. The van der Waals surface area contributed by atoms with Crippen molar-refractivity contribution in [1.29, 1.82) is 0 Å². The van der Waals surface area contributed by atoms with Crippen molar-refractivity contribution in [3.63, 3.8) is 0 Å².